The lowest BCUT2D eigenvalue weighted by Gasteiger charge is -2.09. The highest BCUT2D eigenvalue weighted by Crippen LogP contribution is 2.30. The summed E-state index contributed by atoms with van der Waals surface area (Å²) in [5.74, 6) is 1.10. The quantitative estimate of drug-likeness (QED) is 0.657. The molecule has 2 heterocycles. The SMILES string of the molecule is Cc1c(C)c2nc(OCCOC(C)C)[nH]c(=O)n2c1Oc1ccccc1. The van der Waals surface area contributed by atoms with E-state index in [0.29, 0.717) is 30.5 Å². The van der Waals surface area contributed by atoms with Gasteiger partial charge in [0.05, 0.1) is 12.7 Å². The first-order valence-corrected chi connectivity index (χ1v) is 8.56. The van der Waals surface area contributed by atoms with Gasteiger partial charge in [0.15, 0.2) is 5.65 Å². The Morgan fingerprint density at radius 2 is 1.85 bits per heavy atom. The molecule has 0 amide bonds. The number of hydrogen-bond donors (Lipinski definition) is 1. The normalized spacial score (nSPS) is 11.3. The molecule has 1 N–H and O–H groups in total. The lowest BCUT2D eigenvalue weighted by molar-refractivity contribution is 0.0530. The Balaban J connectivity index is 1.91. The van der Waals surface area contributed by atoms with E-state index in [-0.39, 0.29) is 17.8 Å². The fraction of sp³-hybridized carbons (Fsp3) is 0.368. The van der Waals surface area contributed by atoms with Crippen LogP contribution in [-0.2, 0) is 4.74 Å². The van der Waals surface area contributed by atoms with Gasteiger partial charge in [-0.1, -0.05) is 18.2 Å². The van der Waals surface area contributed by atoms with Crippen LogP contribution in [0.5, 0.6) is 17.6 Å². The highest BCUT2D eigenvalue weighted by molar-refractivity contribution is 5.58. The third kappa shape index (κ3) is 3.72. The maximum Gasteiger partial charge on any atom is 0.338 e. The molecule has 0 bridgehead atoms. The van der Waals surface area contributed by atoms with Crippen molar-refractivity contribution in [2.24, 2.45) is 0 Å². The van der Waals surface area contributed by atoms with Gasteiger partial charge in [-0.2, -0.15) is 4.98 Å². The number of nitrogens with zero attached hydrogens (tertiary/aromatic N) is 2. The van der Waals surface area contributed by atoms with Gasteiger partial charge in [-0.05, 0) is 39.8 Å². The fourth-order valence-electron chi connectivity index (χ4n) is 2.57. The van der Waals surface area contributed by atoms with Crippen LogP contribution in [0.1, 0.15) is 25.0 Å². The molecule has 0 aliphatic heterocycles. The highest BCUT2D eigenvalue weighted by Gasteiger charge is 2.19. The van der Waals surface area contributed by atoms with Crippen LogP contribution in [-0.4, -0.2) is 33.7 Å². The summed E-state index contributed by atoms with van der Waals surface area (Å²) in [6.45, 7) is 8.44. The molecule has 0 unspecified atom stereocenters. The fourth-order valence-corrected chi connectivity index (χ4v) is 2.57. The summed E-state index contributed by atoms with van der Waals surface area (Å²) in [7, 11) is 0. The van der Waals surface area contributed by atoms with Crippen LogP contribution in [0.4, 0.5) is 0 Å². The number of aromatic amines is 1. The van der Waals surface area contributed by atoms with Gasteiger partial charge in [0.25, 0.3) is 6.01 Å². The molecule has 26 heavy (non-hydrogen) atoms. The molecule has 3 aromatic rings. The Morgan fingerprint density at radius 1 is 1.12 bits per heavy atom. The summed E-state index contributed by atoms with van der Waals surface area (Å²) in [5, 5.41) is 0. The predicted molar refractivity (Wildman–Crippen MR) is 98.4 cm³/mol. The van der Waals surface area contributed by atoms with Crippen molar-refractivity contribution in [3.8, 4) is 17.6 Å². The van der Waals surface area contributed by atoms with Gasteiger partial charge >= 0.3 is 5.69 Å². The van der Waals surface area contributed by atoms with E-state index in [0.717, 1.165) is 11.1 Å². The number of H-pyrrole nitrogens is 1. The molecule has 7 nitrogen and oxygen atoms in total. The maximum atomic E-state index is 12.6. The summed E-state index contributed by atoms with van der Waals surface area (Å²) >= 11 is 0. The van der Waals surface area contributed by atoms with Crippen molar-refractivity contribution < 1.29 is 14.2 Å². The third-order valence-corrected chi connectivity index (χ3v) is 3.99. The number of nitrogens with one attached hydrogen (secondary N) is 1. The van der Waals surface area contributed by atoms with Crippen LogP contribution < -0.4 is 15.2 Å². The largest absolute Gasteiger partial charge is 0.462 e. The number of rotatable bonds is 7. The van der Waals surface area contributed by atoms with Gasteiger partial charge in [-0.15, -0.1) is 0 Å². The smallest absolute Gasteiger partial charge is 0.338 e. The molecule has 3 rings (SSSR count). The minimum Gasteiger partial charge on any atom is -0.462 e. The van der Waals surface area contributed by atoms with E-state index in [2.05, 4.69) is 9.97 Å². The van der Waals surface area contributed by atoms with Gasteiger partial charge in [0, 0.05) is 11.1 Å². The van der Waals surface area contributed by atoms with Crippen molar-refractivity contribution in [3.63, 3.8) is 0 Å². The van der Waals surface area contributed by atoms with Crippen molar-refractivity contribution >= 4 is 5.65 Å². The summed E-state index contributed by atoms with van der Waals surface area (Å²) in [6.07, 6.45) is 0.126. The van der Waals surface area contributed by atoms with Gasteiger partial charge in [0.1, 0.15) is 12.4 Å². The Bertz CT molecular complexity index is 945. The molecule has 0 saturated heterocycles. The Hall–Kier alpha value is -2.80. The molecule has 0 spiro atoms. The van der Waals surface area contributed by atoms with Gasteiger partial charge < -0.3 is 14.2 Å². The van der Waals surface area contributed by atoms with Crippen LogP contribution in [0.25, 0.3) is 5.65 Å². The molecule has 0 aliphatic rings. The van der Waals surface area contributed by atoms with Gasteiger partial charge in [-0.3, -0.25) is 4.98 Å². The van der Waals surface area contributed by atoms with E-state index < -0.39 is 0 Å². The first-order valence-electron chi connectivity index (χ1n) is 8.56. The van der Waals surface area contributed by atoms with E-state index in [1.54, 1.807) is 0 Å². The summed E-state index contributed by atoms with van der Waals surface area (Å²) in [5.41, 5.74) is 1.87. The lowest BCUT2D eigenvalue weighted by atomic mass is 10.2. The van der Waals surface area contributed by atoms with Crippen LogP contribution in [0.15, 0.2) is 35.1 Å². The summed E-state index contributed by atoms with van der Waals surface area (Å²) in [4.78, 5) is 19.7. The van der Waals surface area contributed by atoms with Gasteiger partial charge in [-0.25, -0.2) is 9.20 Å². The second-order valence-electron chi connectivity index (χ2n) is 6.24. The monoisotopic (exact) mass is 357 g/mol. The number of aryl methyl sites for hydroxylation is 1. The molecular weight excluding hydrogens is 334 g/mol. The van der Waals surface area contributed by atoms with Crippen molar-refractivity contribution in [1.82, 2.24) is 14.4 Å². The van der Waals surface area contributed by atoms with E-state index in [9.17, 15) is 4.79 Å². The lowest BCUT2D eigenvalue weighted by Crippen LogP contribution is -2.20. The first-order chi connectivity index (χ1) is 12.5. The average Bonchev–Trinajstić information content (AvgIpc) is 2.85. The second-order valence-corrected chi connectivity index (χ2v) is 6.24. The van der Waals surface area contributed by atoms with E-state index >= 15 is 0 Å². The van der Waals surface area contributed by atoms with Gasteiger partial charge in [0.2, 0.25) is 5.88 Å². The molecule has 0 radical (unpaired) electrons. The summed E-state index contributed by atoms with van der Waals surface area (Å²) in [6, 6.07) is 9.50. The molecular formula is C19H23N3O4. The second kappa shape index (κ2) is 7.61. The van der Waals surface area contributed by atoms with E-state index in [4.69, 9.17) is 14.2 Å². The van der Waals surface area contributed by atoms with Crippen molar-refractivity contribution in [2.45, 2.75) is 33.8 Å². The Labute approximate surface area is 151 Å². The van der Waals surface area contributed by atoms with E-state index in [1.807, 2.05) is 58.0 Å². The van der Waals surface area contributed by atoms with E-state index in [1.165, 1.54) is 4.40 Å². The first kappa shape index (κ1) is 18.0. The number of benzene rings is 1. The molecule has 0 aliphatic carbocycles. The maximum absolute atomic E-state index is 12.6. The minimum atomic E-state index is -0.364. The zero-order valence-electron chi connectivity index (χ0n) is 15.4. The molecule has 2 aromatic heterocycles. The Morgan fingerprint density at radius 3 is 2.54 bits per heavy atom. The minimum absolute atomic E-state index is 0.126. The molecule has 7 heteroatoms. The Kier molecular flexibility index (Phi) is 5.27. The average molecular weight is 357 g/mol. The zero-order valence-corrected chi connectivity index (χ0v) is 15.4. The molecule has 0 fully saturated rings. The number of para-hydroxylation sites is 1. The predicted octanol–water partition coefficient (Wildman–Crippen LogP) is 3.24. The van der Waals surface area contributed by atoms with Crippen LogP contribution in [0.2, 0.25) is 0 Å². The van der Waals surface area contributed by atoms with Crippen LogP contribution in [0, 0.1) is 13.8 Å². The third-order valence-electron chi connectivity index (χ3n) is 3.99. The number of hydrogen-bond acceptors (Lipinski definition) is 5. The van der Waals surface area contributed by atoms with Crippen LogP contribution in [0.3, 0.4) is 0 Å². The van der Waals surface area contributed by atoms with Crippen molar-refractivity contribution in [1.29, 1.82) is 0 Å². The van der Waals surface area contributed by atoms with Crippen molar-refractivity contribution in [3.05, 3.63) is 51.9 Å². The number of aromatic nitrogens is 3. The van der Waals surface area contributed by atoms with Crippen LogP contribution >= 0.6 is 0 Å². The number of ether oxygens (including phenoxy) is 3. The number of fused-ring (bicyclic) bond motifs is 1. The zero-order chi connectivity index (χ0) is 18.7. The standard InChI is InChI=1S/C19H23N3O4/c1-12(2)24-10-11-25-18-20-16-13(3)14(4)17(22(16)19(23)21-18)26-15-8-6-5-7-9-15/h5-9,12H,10-11H2,1-4H3,(H,20,21,23). The molecule has 138 valence electrons. The highest BCUT2D eigenvalue weighted by atomic mass is 16.5. The topological polar surface area (TPSA) is 77.9 Å². The molecule has 0 saturated carbocycles. The van der Waals surface area contributed by atoms with Crippen molar-refractivity contribution in [2.75, 3.05) is 13.2 Å². The summed E-state index contributed by atoms with van der Waals surface area (Å²) < 4.78 is 18.3. The molecule has 0 atom stereocenters. The molecule has 1 aromatic carbocycles.